The maximum Gasteiger partial charge on any atom is 0.0527 e. The Hall–Kier alpha value is -0.380. The Morgan fingerprint density at radius 2 is 1.79 bits per heavy atom. The maximum atomic E-state index is 6.01. The fraction of sp³-hybridized carbons (Fsp3) is 0.750. The highest BCUT2D eigenvalue weighted by Gasteiger charge is 2.54. The van der Waals surface area contributed by atoms with Crippen LogP contribution in [-0.2, 0) is 0 Å². The molecule has 4 aliphatic rings. The summed E-state index contributed by atoms with van der Waals surface area (Å²) in [6, 6.07) is 2.68. The minimum atomic E-state index is 0.382. The molecule has 0 saturated heterocycles. The molecule has 1 atom stereocenters. The molecule has 4 saturated carbocycles. The normalized spacial score (nSPS) is 41.7. The second-order valence-electron chi connectivity index (χ2n) is 7.31. The molecular weight excluding hydrogens is 252 g/mol. The van der Waals surface area contributed by atoms with Gasteiger partial charge in [-0.3, -0.25) is 11.3 Å². The van der Waals surface area contributed by atoms with Crippen molar-refractivity contribution in [3.8, 4) is 0 Å². The van der Waals surface area contributed by atoms with Crippen molar-refractivity contribution in [1.29, 1.82) is 0 Å². The van der Waals surface area contributed by atoms with Crippen molar-refractivity contribution < 1.29 is 0 Å². The largest absolute Gasteiger partial charge is 0.271 e. The summed E-state index contributed by atoms with van der Waals surface area (Å²) in [5.74, 6) is 8.97. The number of hydrogen-bond acceptors (Lipinski definition) is 3. The molecule has 1 unspecified atom stereocenters. The van der Waals surface area contributed by atoms with Gasteiger partial charge in [-0.05, 0) is 85.6 Å². The smallest absolute Gasteiger partial charge is 0.0527 e. The van der Waals surface area contributed by atoms with E-state index in [0.29, 0.717) is 11.5 Å². The van der Waals surface area contributed by atoms with Gasteiger partial charge in [0.1, 0.15) is 0 Å². The van der Waals surface area contributed by atoms with E-state index in [1.54, 1.807) is 0 Å². The van der Waals surface area contributed by atoms with Gasteiger partial charge in [0.15, 0.2) is 0 Å². The molecular formula is C16H24N2S. The van der Waals surface area contributed by atoms with Gasteiger partial charge in [0.05, 0.1) is 6.04 Å². The van der Waals surface area contributed by atoms with Gasteiger partial charge in [0, 0.05) is 4.88 Å². The molecule has 0 amide bonds. The third kappa shape index (κ3) is 1.82. The summed E-state index contributed by atoms with van der Waals surface area (Å²) < 4.78 is 0. The minimum Gasteiger partial charge on any atom is -0.271 e. The summed E-state index contributed by atoms with van der Waals surface area (Å²) in [5.41, 5.74) is 5.13. The molecule has 4 bridgehead atoms. The van der Waals surface area contributed by atoms with Crippen molar-refractivity contribution in [2.75, 3.05) is 0 Å². The Labute approximate surface area is 119 Å². The standard InChI is InChI=1S/C16H24N2S/c1-10-14(2-3-19-10)15(18-17)16-7-11-4-12(8-16)6-13(5-11)9-16/h2-3,11-13,15,18H,4-9,17H2,1H3. The molecule has 19 heavy (non-hydrogen) atoms. The first kappa shape index (κ1) is 12.4. The van der Waals surface area contributed by atoms with E-state index in [1.165, 1.54) is 49.0 Å². The van der Waals surface area contributed by atoms with E-state index < -0.39 is 0 Å². The summed E-state index contributed by atoms with van der Waals surface area (Å²) in [7, 11) is 0. The number of hydrogen-bond donors (Lipinski definition) is 2. The molecule has 0 spiro atoms. The molecule has 104 valence electrons. The van der Waals surface area contributed by atoms with E-state index in [9.17, 15) is 0 Å². The molecule has 5 rings (SSSR count). The fourth-order valence-electron chi connectivity index (χ4n) is 5.82. The number of rotatable bonds is 3. The summed E-state index contributed by atoms with van der Waals surface area (Å²) in [5, 5.41) is 2.22. The Balaban J connectivity index is 1.72. The van der Waals surface area contributed by atoms with Crippen LogP contribution < -0.4 is 11.3 Å². The summed E-state index contributed by atoms with van der Waals surface area (Å²) >= 11 is 1.86. The van der Waals surface area contributed by atoms with Gasteiger partial charge >= 0.3 is 0 Å². The van der Waals surface area contributed by atoms with Crippen LogP contribution in [0.25, 0.3) is 0 Å². The lowest BCUT2D eigenvalue weighted by Crippen LogP contribution is -2.53. The molecule has 2 nitrogen and oxygen atoms in total. The molecule has 4 fully saturated rings. The lowest BCUT2D eigenvalue weighted by molar-refractivity contribution is -0.0749. The van der Waals surface area contributed by atoms with E-state index in [0.717, 1.165) is 17.8 Å². The molecule has 1 aromatic heterocycles. The van der Waals surface area contributed by atoms with Crippen LogP contribution in [0, 0.1) is 30.1 Å². The van der Waals surface area contributed by atoms with Gasteiger partial charge in [0.2, 0.25) is 0 Å². The highest BCUT2D eigenvalue weighted by molar-refractivity contribution is 7.10. The van der Waals surface area contributed by atoms with E-state index in [4.69, 9.17) is 5.84 Å². The van der Waals surface area contributed by atoms with Crippen molar-refractivity contribution in [1.82, 2.24) is 5.43 Å². The van der Waals surface area contributed by atoms with Crippen LogP contribution in [0.3, 0.4) is 0 Å². The molecule has 1 aromatic rings. The zero-order chi connectivity index (χ0) is 13.0. The van der Waals surface area contributed by atoms with Crippen LogP contribution in [0.15, 0.2) is 11.4 Å². The van der Waals surface area contributed by atoms with Gasteiger partial charge in [0.25, 0.3) is 0 Å². The van der Waals surface area contributed by atoms with E-state index in [-0.39, 0.29) is 0 Å². The molecule has 0 aromatic carbocycles. The van der Waals surface area contributed by atoms with Gasteiger partial charge in [-0.1, -0.05) is 0 Å². The van der Waals surface area contributed by atoms with Crippen LogP contribution in [0.5, 0.6) is 0 Å². The average molecular weight is 276 g/mol. The Morgan fingerprint density at radius 3 is 2.21 bits per heavy atom. The van der Waals surface area contributed by atoms with Gasteiger partial charge < -0.3 is 0 Å². The van der Waals surface area contributed by atoms with Crippen molar-refractivity contribution in [3.05, 3.63) is 21.9 Å². The fourth-order valence-corrected chi connectivity index (χ4v) is 6.56. The summed E-state index contributed by atoms with van der Waals surface area (Å²) in [6.07, 6.45) is 8.72. The number of nitrogens with one attached hydrogen (secondary N) is 1. The average Bonchev–Trinajstić information content (AvgIpc) is 2.74. The zero-order valence-electron chi connectivity index (χ0n) is 11.7. The quantitative estimate of drug-likeness (QED) is 0.651. The molecule has 0 radical (unpaired) electrons. The van der Waals surface area contributed by atoms with Crippen LogP contribution in [0.2, 0.25) is 0 Å². The van der Waals surface area contributed by atoms with Crippen LogP contribution >= 0.6 is 11.3 Å². The Kier molecular flexibility index (Phi) is 2.80. The first-order valence-electron chi connectivity index (χ1n) is 7.70. The van der Waals surface area contributed by atoms with Crippen molar-refractivity contribution in [2.45, 2.75) is 51.5 Å². The highest BCUT2D eigenvalue weighted by atomic mass is 32.1. The van der Waals surface area contributed by atoms with Crippen molar-refractivity contribution in [3.63, 3.8) is 0 Å². The Morgan fingerprint density at radius 1 is 1.21 bits per heavy atom. The number of hydrazine groups is 1. The second-order valence-corrected chi connectivity index (χ2v) is 8.43. The van der Waals surface area contributed by atoms with Crippen LogP contribution in [0.1, 0.15) is 55.0 Å². The van der Waals surface area contributed by atoms with Crippen molar-refractivity contribution >= 4 is 11.3 Å². The monoisotopic (exact) mass is 276 g/mol. The topological polar surface area (TPSA) is 38.0 Å². The molecule has 3 heteroatoms. The van der Waals surface area contributed by atoms with E-state index in [1.807, 2.05) is 11.3 Å². The highest BCUT2D eigenvalue weighted by Crippen LogP contribution is 2.64. The van der Waals surface area contributed by atoms with Crippen LogP contribution in [0.4, 0.5) is 0 Å². The first-order chi connectivity index (χ1) is 9.20. The van der Waals surface area contributed by atoms with E-state index >= 15 is 0 Å². The van der Waals surface area contributed by atoms with E-state index in [2.05, 4.69) is 23.8 Å². The van der Waals surface area contributed by atoms with Gasteiger partial charge in [-0.2, -0.15) is 0 Å². The van der Waals surface area contributed by atoms with Gasteiger partial charge in [-0.25, -0.2) is 0 Å². The lowest BCUT2D eigenvalue weighted by atomic mass is 9.47. The predicted molar refractivity (Wildman–Crippen MR) is 79.7 cm³/mol. The molecule has 1 heterocycles. The first-order valence-corrected chi connectivity index (χ1v) is 8.58. The predicted octanol–water partition coefficient (Wildman–Crippen LogP) is 3.78. The lowest BCUT2D eigenvalue weighted by Gasteiger charge is -2.59. The minimum absolute atomic E-state index is 0.382. The van der Waals surface area contributed by atoms with Gasteiger partial charge in [-0.15, -0.1) is 11.3 Å². The maximum absolute atomic E-state index is 6.01. The second kappa shape index (κ2) is 4.31. The summed E-state index contributed by atoms with van der Waals surface area (Å²) in [6.45, 7) is 2.24. The third-order valence-electron chi connectivity index (χ3n) is 6.07. The van der Waals surface area contributed by atoms with Crippen LogP contribution in [-0.4, -0.2) is 0 Å². The molecule has 3 N–H and O–H groups in total. The SMILES string of the molecule is Cc1sccc1C(NN)C12CC3CC(CC(C3)C1)C2. The molecule has 0 aliphatic heterocycles. The Bertz CT molecular complexity index is 444. The number of nitrogens with two attached hydrogens (primary N) is 1. The molecule has 4 aliphatic carbocycles. The third-order valence-corrected chi connectivity index (χ3v) is 6.94. The zero-order valence-corrected chi connectivity index (χ0v) is 12.5. The number of thiophene rings is 1. The summed E-state index contributed by atoms with van der Waals surface area (Å²) in [4.78, 5) is 1.44. The van der Waals surface area contributed by atoms with Crippen molar-refractivity contribution in [2.24, 2.45) is 29.0 Å². The number of aryl methyl sites for hydroxylation is 1.